The third kappa shape index (κ3) is 9.17. The number of fused-ring (bicyclic) bond motifs is 1. The predicted molar refractivity (Wildman–Crippen MR) is 140 cm³/mol. The second-order valence-corrected chi connectivity index (χ2v) is 9.46. The highest BCUT2D eigenvalue weighted by Gasteiger charge is 2.26. The van der Waals surface area contributed by atoms with Gasteiger partial charge in [-0.05, 0) is 49.4 Å². The molecule has 2 aromatic rings. The molecule has 3 amide bonds. The summed E-state index contributed by atoms with van der Waals surface area (Å²) in [6, 6.07) is 4.74. The van der Waals surface area contributed by atoms with Crippen molar-refractivity contribution < 1.29 is 24.3 Å². The number of carboxylic acids is 1. The Balaban J connectivity index is 2.07. The molecule has 0 fully saturated rings. The Kier molecular flexibility index (Phi) is 12.2. The summed E-state index contributed by atoms with van der Waals surface area (Å²) in [7, 11) is 0. The lowest BCUT2D eigenvalue weighted by molar-refractivity contribution is -0.141. The number of aliphatic carboxylic acids is 1. The maximum absolute atomic E-state index is 13.0. The fourth-order valence-corrected chi connectivity index (χ4v) is 4.15. The van der Waals surface area contributed by atoms with E-state index in [1.165, 1.54) is 11.8 Å². The summed E-state index contributed by atoms with van der Waals surface area (Å²) >= 11 is 1.47. The van der Waals surface area contributed by atoms with Gasteiger partial charge < -0.3 is 37.5 Å². The molecule has 3 unspecified atom stereocenters. The van der Waals surface area contributed by atoms with Crippen molar-refractivity contribution in [2.45, 2.75) is 50.2 Å². The van der Waals surface area contributed by atoms with E-state index in [1.807, 2.05) is 30.5 Å². The number of unbranched alkanes of at least 4 members (excludes halogenated alkanes) is 1. The molecule has 9 N–H and O–H groups in total. The van der Waals surface area contributed by atoms with Crippen LogP contribution in [0, 0.1) is 0 Å². The van der Waals surface area contributed by atoms with Gasteiger partial charge in [0, 0.05) is 23.5 Å². The fraction of sp³-hybridized carbons (Fsp3) is 0.500. The molecule has 0 bridgehead atoms. The topological polar surface area (TPSA) is 192 Å². The van der Waals surface area contributed by atoms with E-state index in [9.17, 15) is 24.3 Å². The van der Waals surface area contributed by atoms with E-state index in [2.05, 4.69) is 20.9 Å². The molecular weight excluding hydrogens is 484 g/mol. The molecule has 2 rings (SSSR count). The van der Waals surface area contributed by atoms with E-state index < -0.39 is 48.4 Å². The largest absolute Gasteiger partial charge is 0.480 e. The van der Waals surface area contributed by atoms with Crippen molar-refractivity contribution in [3.05, 3.63) is 36.0 Å². The molecule has 12 heteroatoms. The summed E-state index contributed by atoms with van der Waals surface area (Å²) in [5.74, 6) is -2.26. The Labute approximate surface area is 214 Å². The van der Waals surface area contributed by atoms with Crippen LogP contribution in [-0.2, 0) is 25.6 Å². The lowest BCUT2D eigenvalue weighted by Gasteiger charge is -2.21. The van der Waals surface area contributed by atoms with Crippen molar-refractivity contribution in [1.82, 2.24) is 20.9 Å². The number of aromatic amines is 1. The van der Waals surface area contributed by atoms with Gasteiger partial charge in [-0.25, -0.2) is 4.79 Å². The molecule has 1 aromatic heterocycles. The zero-order valence-corrected chi connectivity index (χ0v) is 21.2. The standard InChI is InChI=1S/C24H36N6O5S/c1-36-11-9-19(24(34)35)29-21(31)14-28-23(33)20(30-22(32)17(26)7-4-5-10-25)12-15-13-27-18-8-3-2-6-16(15)18/h2-3,6,8,13,17,19-20,27H,4-5,7,9-12,14,25-26H2,1H3,(H,28,33)(H,29,31)(H,30,32)(H,34,35). The van der Waals surface area contributed by atoms with Crippen LogP contribution in [0.1, 0.15) is 31.2 Å². The van der Waals surface area contributed by atoms with Crippen LogP contribution in [-0.4, -0.2) is 77.0 Å². The summed E-state index contributed by atoms with van der Waals surface area (Å²) in [6.07, 6.45) is 5.90. The van der Waals surface area contributed by atoms with E-state index in [1.54, 1.807) is 6.20 Å². The van der Waals surface area contributed by atoms with Crippen LogP contribution in [0.25, 0.3) is 10.9 Å². The minimum absolute atomic E-state index is 0.171. The van der Waals surface area contributed by atoms with Gasteiger partial charge in [-0.15, -0.1) is 0 Å². The Morgan fingerprint density at radius 2 is 1.81 bits per heavy atom. The van der Waals surface area contributed by atoms with Crippen LogP contribution in [0.3, 0.4) is 0 Å². The lowest BCUT2D eigenvalue weighted by atomic mass is 10.0. The number of H-pyrrole nitrogens is 1. The van der Waals surface area contributed by atoms with Gasteiger partial charge in [0.1, 0.15) is 12.1 Å². The highest BCUT2D eigenvalue weighted by Crippen LogP contribution is 2.19. The highest BCUT2D eigenvalue weighted by atomic mass is 32.2. The van der Waals surface area contributed by atoms with Crippen LogP contribution in [0.2, 0.25) is 0 Å². The number of carbonyl (C=O) groups is 4. The van der Waals surface area contributed by atoms with Gasteiger partial charge in [0.05, 0.1) is 12.6 Å². The first-order valence-electron chi connectivity index (χ1n) is 11.9. The number of carboxylic acid groups (broad SMARTS) is 1. The number of rotatable bonds is 16. The van der Waals surface area contributed by atoms with E-state index in [4.69, 9.17) is 11.5 Å². The molecule has 0 saturated heterocycles. The molecule has 1 heterocycles. The van der Waals surface area contributed by atoms with Crippen molar-refractivity contribution in [1.29, 1.82) is 0 Å². The molecule has 11 nitrogen and oxygen atoms in total. The van der Waals surface area contributed by atoms with Crippen LogP contribution in [0.4, 0.5) is 0 Å². The SMILES string of the molecule is CSCCC(NC(=O)CNC(=O)C(Cc1c[nH]c2ccccc12)NC(=O)C(N)CCCCN)C(=O)O. The van der Waals surface area contributed by atoms with Crippen LogP contribution in [0.15, 0.2) is 30.5 Å². The van der Waals surface area contributed by atoms with Crippen molar-refractivity contribution in [3.63, 3.8) is 0 Å². The number of hydrogen-bond acceptors (Lipinski definition) is 7. The maximum atomic E-state index is 13.0. The molecule has 198 valence electrons. The average molecular weight is 521 g/mol. The van der Waals surface area contributed by atoms with Gasteiger partial charge in [-0.1, -0.05) is 24.6 Å². The molecule has 0 aliphatic rings. The number of amides is 3. The van der Waals surface area contributed by atoms with Gasteiger partial charge in [0.2, 0.25) is 17.7 Å². The minimum Gasteiger partial charge on any atom is -0.480 e. The average Bonchev–Trinajstić information content (AvgIpc) is 3.27. The molecule has 3 atom stereocenters. The van der Waals surface area contributed by atoms with E-state index in [-0.39, 0.29) is 12.8 Å². The first kappa shape index (κ1) is 29.1. The molecule has 0 spiro atoms. The number of para-hydroxylation sites is 1. The predicted octanol–water partition coefficient (Wildman–Crippen LogP) is 0.0902. The van der Waals surface area contributed by atoms with Gasteiger partial charge in [0.25, 0.3) is 0 Å². The monoisotopic (exact) mass is 520 g/mol. The highest BCUT2D eigenvalue weighted by molar-refractivity contribution is 7.98. The molecule has 0 saturated carbocycles. The molecule has 1 aromatic carbocycles. The third-order valence-electron chi connectivity index (χ3n) is 5.71. The summed E-state index contributed by atoms with van der Waals surface area (Å²) in [5, 5.41) is 17.8. The first-order chi connectivity index (χ1) is 17.3. The Morgan fingerprint density at radius 1 is 1.06 bits per heavy atom. The zero-order chi connectivity index (χ0) is 26.5. The summed E-state index contributed by atoms with van der Waals surface area (Å²) < 4.78 is 0. The summed E-state index contributed by atoms with van der Waals surface area (Å²) in [5.41, 5.74) is 13.2. The number of aromatic nitrogens is 1. The Hall–Kier alpha value is -3.09. The van der Waals surface area contributed by atoms with E-state index in [0.29, 0.717) is 25.1 Å². The van der Waals surface area contributed by atoms with E-state index in [0.717, 1.165) is 22.9 Å². The number of hydrogen-bond donors (Lipinski definition) is 7. The minimum atomic E-state index is -1.14. The molecular formula is C24H36N6O5S. The molecule has 0 aliphatic heterocycles. The van der Waals surface area contributed by atoms with Gasteiger partial charge in [-0.2, -0.15) is 11.8 Å². The lowest BCUT2D eigenvalue weighted by Crippen LogP contribution is -2.54. The van der Waals surface area contributed by atoms with Crippen molar-refractivity contribution >= 4 is 46.4 Å². The van der Waals surface area contributed by atoms with Gasteiger partial charge in [-0.3, -0.25) is 14.4 Å². The quantitative estimate of drug-likeness (QED) is 0.151. The smallest absolute Gasteiger partial charge is 0.326 e. The first-order valence-corrected chi connectivity index (χ1v) is 13.3. The van der Waals surface area contributed by atoms with Crippen LogP contribution >= 0.6 is 11.8 Å². The fourth-order valence-electron chi connectivity index (χ4n) is 3.68. The normalized spacial score (nSPS) is 13.5. The van der Waals surface area contributed by atoms with Gasteiger partial charge in [0.15, 0.2) is 0 Å². The molecule has 36 heavy (non-hydrogen) atoms. The van der Waals surface area contributed by atoms with Crippen molar-refractivity contribution in [2.24, 2.45) is 11.5 Å². The number of nitrogens with two attached hydrogens (primary N) is 2. The van der Waals surface area contributed by atoms with Crippen molar-refractivity contribution in [3.8, 4) is 0 Å². The molecule has 0 radical (unpaired) electrons. The van der Waals surface area contributed by atoms with Crippen LogP contribution < -0.4 is 27.4 Å². The van der Waals surface area contributed by atoms with E-state index >= 15 is 0 Å². The second kappa shape index (κ2) is 15.1. The number of thioether (sulfide) groups is 1. The number of benzene rings is 1. The molecule has 0 aliphatic carbocycles. The summed E-state index contributed by atoms with van der Waals surface area (Å²) in [4.78, 5) is 52.5. The number of carbonyl (C=O) groups excluding carboxylic acids is 3. The van der Waals surface area contributed by atoms with Crippen molar-refractivity contribution in [2.75, 3.05) is 25.1 Å². The van der Waals surface area contributed by atoms with Crippen LogP contribution in [0.5, 0.6) is 0 Å². The van der Waals surface area contributed by atoms with Gasteiger partial charge >= 0.3 is 5.97 Å². The Bertz CT molecular complexity index is 1030. The zero-order valence-electron chi connectivity index (χ0n) is 20.4. The Morgan fingerprint density at radius 3 is 2.50 bits per heavy atom. The summed E-state index contributed by atoms with van der Waals surface area (Å²) in [6.45, 7) is 0.0761. The maximum Gasteiger partial charge on any atom is 0.326 e. The number of nitrogens with one attached hydrogen (secondary N) is 4. The third-order valence-corrected chi connectivity index (χ3v) is 6.35. The second-order valence-electron chi connectivity index (χ2n) is 8.47.